The van der Waals surface area contributed by atoms with Gasteiger partial charge >= 0.3 is 5.97 Å². The molecule has 1 atom stereocenters. The maximum absolute atomic E-state index is 13.0. The highest BCUT2D eigenvalue weighted by Gasteiger charge is 2.38. The second kappa shape index (κ2) is 8.37. The van der Waals surface area contributed by atoms with E-state index in [0.29, 0.717) is 9.23 Å². The zero-order valence-electron chi connectivity index (χ0n) is 14.5. The van der Waals surface area contributed by atoms with Crippen molar-refractivity contribution in [3.8, 4) is 5.75 Å². The fourth-order valence-corrected chi connectivity index (χ4v) is 4.16. The molecule has 2 aromatic carbocycles. The van der Waals surface area contributed by atoms with Crippen LogP contribution in [0.15, 0.2) is 59.5 Å². The number of rotatable bonds is 6. The number of benzene rings is 2. The van der Waals surface area contributed by atoms with Crippen LogP contribution in [0.5, 0.6) is 5.75 Å². The summed E-state index contributed by atoms with van der Waals surface area (Å²) < 4.78 is 5.49. The van der Waals surface area contributed by atoms with Crippen molar-refractivity contribution in [3.63, 3.8) is 0 Å². The summed E-state index contributed by atoms with van der Waals surface area (Å²) in [5, 5.41) is 9.31. The zero-order chi connectivity index (χ0) is 19.4. The number of carboxylic acids is 1. The molecule has 3 rings (SSSR count). The van der Waals surface area contributed by atoms with Gasteiger partial charge in [-0.25, -0.2) is 0 Å². The van der Waals surface area contributed by atoms with Crippen molar-refractivity contribution in [2.45, 2.75) is 12.5 Å². The third-order valence-electron chi connectivity index (χ3n) is 4.10. The van der Waals surface area contributed by atoms with E-state index in [0.717, 1.165) is 16.9 Å². The largest absolute Gasteiger partial charge is 0.497 e. The van der Waals surface area contributed by atoms with E-state index < -0.39 is 12.0 Å². The van der Waals surface area contributed by atoms with E-state index in [1.54, 1.807) is 25.3 Å². The molecule has 138 valence electrons. The Balaban J connectivity index is 1.91. The first kappa shape index (κ1) is 19.1. The summed E-state index contributed by atoms with van der Waals surface area (Å²) in [4.78, 5) is 26.2. The number of amides is 1. The van der Waals surface area contributed by atoms with Gasteiger partial charge in [-0.1, -0.05) is 66.4 Å². The van der Waals surface area contributed by atoms with Crippen LogP contribution in [0.4, 0.5) is 0 Å². The van der Waals surface area contributed by atoms with Gasteiger partial charge in [0.2, 0.25) is 0 Å². The summed E-state index contributed by atoms with van der Waals surface area (Å²) in [6.45, 7) is 0. The minimum absolute atomic E-state index is 0.216. The molecule has 0 bridgehead atoms. The number of aliphatic carboxylic acids is 1. The topological polar surface area (TPSA) is 66.8 Å². The molecule has 1 saturated heterocycles. The van der Waals surface area contributed by atoms with Crippen molar-refractivity contribution in [3.05, 3.63) is 70.6 Å². The van der Waals surface area contributed by atoms with Crippen molar-refractivity contribution in [1.82, 2.24) is 4.90 Å². The minimum Gasteiger partial charge on any atom is -0.497 e. The lowest BCUT2D eigenvalue weighted by atomic mass is 10.0. The van der Waals surface area contributed by atoms with Crippen LogP contribution in [0.3, 0.4) is 0 Å². The van der Waals surface area contributed by atoms with Crippen LogP contribution in [0.2, 0.25) is 0 Å². The Morgan fingerprint density at radius 1 is 1.22 bits per heavy atom. The Morgan fingerprint density at radius 2 is 1.89 bits per heavy atom. The molecule has 27 heavy (non-hydrogen) atoms. The van der Waals surface area contributed by atoms with Gasteiger partial charge in [-0.15, -0.1) is 0 Å². The molecular formula is C20H17NO4S2. The van der Waals surface area contributed by atoms with E-state index in [1.807, 2.05) is 42.5 Å². The lowest BCUT2D eigenvalue weighted by molar-refractivity contribution is -0.138. The second-order valence-electron chi connectivity index (χ2n) is 5.85. The summed E-state index contributed by atoms with van der Waals surface area (Å²) in [7, 11) is 1.59. The third-order valence-corrected chi connectivity index (χ3v) is 5.43. The summed E-state index contributed by atoms with van der Waals surface area (Å²) in [5.41, 5.74) is 1.58. The fourth-order valence-electron chi connectivity index (χ4n) is 2.80. The minimum atomic E-state index is -0.989. The Bertz CT molecular complexity index is 894. The van der Waals surface area contributed by atoms with Gasteiger partial charge < -0.3 is 9.84 Å². The standard InChI is InChI=1S/C20H17NO4S2/c1-25-15-9-7-13(8-10-15)11-17-19(24)21(20(26)27-17)16(12-18(22)23)14-5-3-2-4-6-14/h2-11,16H,12H2,1H3,(H,22,23). The lowest BCUT2D eigenvalue weighted by Gasteiger charge is -2.26. The van der Waals surface area contributed by atoms with Crippen LogP contribution in [-0.2, 0) is 9.59 Å². The van der Waals surface area contributed by atoms with E-state index in [-0.39, 0.29) is 12.3 Å². The first-order valence-electron chi connectivity index (χ1n) is 8.17. The van der Waals surface area contributed by atoms with Gasteiger partial charge in [0.05, 0.1) is 24.5 Å². The molecule has 1 fully saturated rings. The maximum atomic E-state index is 13.0. The highest BCUT2D eigenvalue weighted by Crippen LogP contribution is 2.39. The number of carboxylic acid groups (broad SMARTS) is 1. The number of methoxy groups -OCH3 is 1. The number of thiocarbonyl (C=S) groups is 1. The summed E-state index contributed by atoms with van der Waals surface area (Å²) in [6, 6.07) is 15.7. The van der Waals surface area contributed by atoms with E-state index >= 15 is 0 Å². The van der Waals surface area contributed by atoms with Crippen LogP contribution in [-0.4, -0.2) is 33.3 Å². The van der Waals surface area contributed by atoms with Crippen LogP contribution >= 0.6 is 24.0 Å². The number of ether oxygens (including phenoxy) is 1. The molecule has 0 aliphatic carbocycles. The Labute approximate surface area is 166 Å². The number of thioether (sulfide) groups is 1. The zero-order valence-corrected chi connectivity index (χ0v) is 16.1. The predicted octanol–water partition coefficient (Wildman–Crippen LogP) is 4.11. The highest BCUT2D eigenvalue weighted by molar-refractivity contribution is 8.26. The van der Waals surface area contributed by atoms with Gasteiger partial charge in [0, 0.05) is 0 Å². The van der Waals surface area contributed by atoms with E-state index in [1.165, 1.54) is 16.7 Å². The molecule has 1 N–H and O–H groups in total. The van der Waals surface area contributed by atoms with Gasteiger partial charge in [0.25, 0.3) is 5.91 Å². The Hall–Kier alpha value is -2.64. The number of hydrogen-bond donors (Lipinski definition) is 1. The quantitative estimate of drug-likeness (QED) is 0.582. The first-order valence-corrected chi connectivity index (χ1v) is 9.40. The van der Waals surface area contributed by atoms with E-state index in [2.05, 4.69) is 0 Å². The summed E-state index contributed by atoms with van der Waals surface area (Å²) in [6.07, 6.45) is 1.54. The average Bonchev–Trinajstić information content (AvgIpc) is 2.94. The van der Waals surface area contributed by atoms with Crippen LogP contribution in [0.1, 0.15) is 23.6 Å². The normalized spacial score (nSPS) is 16.6. The SMILES string of the molecule is COc1ccc(C=C2SC(=S)N(C(CC(=O)O)c3ccccc3)C2=O)cc1. The third kappa shape index (κ3) is 4.37. The van der Waals surface area contributed by atoms with Crippen molar-refractivity contribution in [2.75, 3.05) is 7.11 Å². The maximum Gasteiger partial charge on any atom is 0.305 e. The van der Waals surface area contributed by atoms with Gasteiger partial charge in [-0.05, 0) is 29.3 Å². The van der Waals surface area contributed by atoms with E-state index in [9.17, 15) is 14.7 Å². The number of carbonyl (C=O) groups is 2. The molecule has 7 heteroatoms. The number of carbonyl (C=O) groups excluding carboxylic acids is 1. The van der Waals surface area contributed by atoms with Crippen molar-refractivity contribution in [2.24, 2.45) is 0 Å². The molecule has 1 aliphatic rings. The average molecular weight is 399 g/mol. The molecule has 0 spiro atoms. The molecule has 1 amide bonds. The van der Waals surface area contributed by atoms with Gasteiger partial charge in [0.1, 0.15) is 10.1 Å². The molecule has 2 aromatic rings. The molecular weight excluding hydrogens is 382 g/mol. The van der Waals surface area contributed by atoms with Crippen LogP contribution in [0.25, 0.3) is 6.08 Å². The van der Waals surface area contributed by atoms with Crippen molar-refractivity contribution >= 4 is 46.3 Å². The predicted molar refractivity (Wildman–Crippen MR) is 109 cm³/mol. The number of nitrogens with zero attached hydrogens (tertiary/aromatic N) is 1. The molecule has 1 unspecified atom stereocenters. The van der Waals surface area contributed by atoms with Crippen LogP contribution < -0.4 is 4.74 Å². The molecule has 5 nitrogen and oxygen atoms in total. The lowest BCUT2D eigenvalue weighted by Crippen LogP contribution is -2.34. The first-order chi connectivity index (χ1) is 13.0. The highest BCUT2D eigenvalue weighted by atomic mass is 32.2. The molecule has 1 heterocycles. The number of hydrogen-bond acceptors (Lipinski definition) is 5. The smallest absolute Gasteiger partial charge is 0.305 e. The molecule has 1 aliphatic heterocycles. The second-order valence-corrected chi connectivity index (χ2v) is 7.52. The molecule has 0 saturated carbocycles. The summed E-state index contributed by atoms with van der Waals surface area (Å²) in [5.74, 6) is -0.543. The monoisotopic (exact) mass is 399 g/mol. The Kier molecular flexibility index (Phi) is 5.93. The molecule has 0 radical (unpaired) electrons. The van der Waals surface area contributed by atoms with Crippen LogP contribution in [0, 0.1) is 0 Å². The van der Waals surface area contributed by atoms with Gasteiger partial charge in [-0.2, -0.15) is 0 Å². The van der Waals surface area contributed by atoms with Crippen molar-refractivity contribution in [1.29, 1.82) is 0 Å². The molecule has 0 aromatic heterocycles. The van der Waals surface area contributed by atoms with E-state index in [4.69, 9.17) is 17.0 Å². The van der Waals surface area contributed by atoms with Crippen molar-refractivity contribution < 1.29 is 19.4 Å². The Morgan fingerprint density at radius 3 is 2.48 bits per heavy atom. The van der Waals surface area contributed by atoms with Gasteiger partial charge in [-0.3, -0.25) is 14.5 Å². The van der Waals surface area contributed by atoms with Gasteiger partial charge in [0.15, 0.2) is 0 Å². The fraction of sp³-hybridized carbons (Fsp3) is 0.150. The summed E-state index contributed by atoms with van der Waals surface area (Å²) >= 11 is 6.58.